The third-order valence-electron chi connectivity index (χ3n) is 8.26. The predicted octanol–water partition coefficient (Wildman–Crippen LogP) is 7.51. The molecule has 0 bridgehead atoms. The largest absolute Gasteiger partial charge is 0.438 e. The highest BCUT2D eigenvalue weighted by Gasteiger charge is 2.60. The fourth-order valence-electron chi connectivity index (χ4n) is 6.08. The minimum Gasteiger partial charge on any atom is -0.438 e. The van der Waals surface area contributed by atoms with Crippen LogP contribution in [0.25, 0.3) is 5.76 Å². The van der Waals surface area contributed by atoms with Gasteiger partial charge in [-0.05, 0) is 54.5 Å². The number of nitro groups is 1. The normalized spacial score (nSPS) is 19.8. The van der Waals surface area contributed by atoms with Crippen molar-refractivity contribution in [1.82, 2.24) is 0 Å². The highest BCUT2D eigenvalue weighted by Crippen LogP contribution is 2.52. The van der Waals surface area contributed by atoms with Crippen LogP contribution in [-0.4, -0.2) is 30.5 Å². The summed E-state index contributed by atoms with van der Waals surface area (Å²) in [5, 5.41) is 19.1. The Kier molecular flexibility index (Phi) is 7.49. The summed E-state index contributed by atoms with van der Waals surface area (Å²) in [7, 11) is -4.33. The first-order valence-electron chi connectivity index (χ1n) is 14.9. The zero-order valence-corrected chi connectivity index (χ0v) is 26.0. The monoisotopic (exact) mass is 640 g/mol. The maximum atomic E-state index is 14.0. The summed E-state index contributed by atoms with van der Waals surface area (Å²) in [5.41, 5.74) is 2.30. The molecule has 0 saturated carbocycles. The molecule has 2 unspecified atom stereocenters. The molecule has 7 rings (SSSR count). The van der Waals surface area contributed by atoms with Crippen LogP contribution in [0.2, 0.25) is 0 Å². The van der Waals surface area contributed by atoms with E-state index < -0.39 is 26.4 Å². The van der Waals surface area contributed by atoms with Gasteiger partial charge in [-0.2, -0.15) is 13.5 Å². The van der Waals surface area contributed by atoms with Crippen LogP contribution in [0, 0.1) is 17.0 Å². The second kappa shape index (κ2) is 11.8. The van der Waals surface area contributed by atoms with Gasteiger partial charge in [-0.15, -0.1) is 4.40 Å². The molecule has 2 aliphatic heterocycles. The van der Waals surface area contributed by atoms with Crippen molar-refractivity contribution in [3.8, 4) is 0 Å². The number of hydrogen-bond acceptors (Lipinski definition) is 7. The standard InChI is InChI=1S/C37H28N4O5S/c1-26-21-23-30(24-22-26)47(44,45)39-36-37(25-33(46-36)31-19-11-12-20-32(31)41(42)43)34(27-13-5-2-6-14-27)35(28-15-7-3-8-16-28)38-40(37)29-17-9-4-10-18-29/h2-25,34H,1H3/b39-36-. The van der Waals surface area contributed by atoms with E-state index in [1.165, 1.54) is 18.2 Å². The van der Waals surface area contributed by atoms with Crippen molar-refractivity contribution >= 4 is 38.8 Å². The third kappa shape index (κ3) is 5.28. The fourth-order valence-corrected chi connectivity index (χ4v) is 7.07. The van der Waals surface area contributed by atoms with E-state index in [4.69, 9.17) is 9.84 Å². The van der Waals surface area contributed by atoms with Gasteiger partial charge in [0.25, 0.3) is 15.7 Å². The maximum Gasteiger partial charge on any atom is 0.285 e. The number of hydrogen-bond donors (Lipinski definition) is 0. The molecule has 0 aliphatic carbocycles. The van der Waals surface area contributed by atoms with Gasteiger partial charge < -0.3 is 4.74 Å². The van der Waals surface area contributed by atoms with Crippen LogP contribution >= 0.6 is 0 Å². The molecular formula is C37H28N4O5S. The Bertz CT molecular complexity index is 2170. The van der Waals surface area contributed by atoms with Gasteiger partial charge in [-0.25, -0.2) is 5.01 Å². The summed E-state index contributed by atoms with van der Waals surface area (Å²) in [6.07, 6.45) is 1.73. The van der Waals surface area contributed by atoms with Crippen LogP contribution in [0.4, 0.5) is 11.4 Å². The van der Waals surface area contributed by atoms with E-state index in [1.807, 2.05) is 97.9 Å². The van der Waals surface area contributed by atoms with Crippen molar-refractivity contribution in [3.05, 3.63) is 178 Å². The first kappa shape index (κ1) is 29.8. The molecule has 5 aromatic rings. The minimum absolute atomic E-state index is 0.0155. The number of anilines is 1. The van der Waals surface area contributed by atoms with Gasteiger partial charge in [0.05, 0.1) is 32.7 Å². The zero-order valence-electron chi connectivity index (χ0n) is 25.2. The summed E-state index contributed by atoms with van der Waals surface area (Å²) in [5.74, 6) is -0.737. The molecule has 0 fully saturated rings. The van der Waals surface area contributed by atoms with Crippen LogP contribution in [0.15, 0.2) is 160 Å². The lowest BCUT2D eigenvalue weighted by Crippen LogP contribution is -2.51. The molecule has 9 nitrogen and oxygen atoms in total. The van der Waals surface area contributed by atoms with Crippen molar-refractivity contribution in [2.45, 2.75) is 23.3 Å². The summed E-state index contributed by atoms with van der Waals surface area (Å²) in [6.45, 7) is 1.86. The maximum absolute atomic E-state index is 14.0. The van der Waals surface area contributed by atoms with E-state index in [0.717, 1.165) is 16.7 Å². The van der Waals surface area contributed by atoms with Crippen LogP contribution in [-0.2, 0) is 14.8 Å². The van der Waals surface area contributed by atoms with E-state index in [0.29, 0.717) is 11.4 Å². The molecule has 232 valence electrons. The number of ether oxygens (including phenoxy) is 1. The van der Waals surface area contributed by atoms with Crippen LogP contribution in [0.1, 0.15) is 28.2 Å². The Balaban J connectivity index is 1.57. The number of benzene rings is 5. The van der Waals surface area contributed by atoms with Gasteiger partial charge in [-0.1, -0.05) is 109 Å². The van der Waals surface area contributed by atoms with Crippen LogP contribution < -0.4 is 5.01 Å². The summed E-state index contributed by atoms with van der Waals surface area (Å²) in [4.78, 5) is 11.7. The molecule has 2 atom stereocenters. The Labute approximate surface area is 272 Å². The number of aryl methyl sites for hydroxylation is 1. The van der Waals surface area contributed by atoms with Crippen molar-refractivity contribution < 1.29 is 18.1 Å². The number of nitrogens with zero attached hydrogens (tertiary/aromatic N) is 4. The van der Waals surface area contributed by atoms with Crippen molar-refractivity contribution in [2.75, 3.05) is 5.01 Å². The average Bonchev–Trinajstić information content (AvgIpc) is 3.64. The molecular weight excluding hydrogens is 612 g/mol. The van der Waals surface area contributed by atoms with Crippen LogP contribution in [0.3, 0.4) is 0 Å². The first-order chi connectivity index (χ1) is 22.8. The highest BCUT2D eigenvalue weighted by atomic mass is 32.2. The lowest BCUT2D eigenvalue weighted by molar-refractivity contribution is -0.385. The van der Waals surface area contributed by atoms with Gasteiger partial charge in [0.1, 0.15) is 5.76 Å². The lowest BCUT2D eigenvalue weighted by atomic mass is 9.75. The van der Waals surface area contributed by atoms with Crippen molar-refractivity contribution in [2.24, 2.45) is 9.50 Å². The Hall–Kier alpha value is -5.87. The van der Waals surface area contributed by atoms with Crippen LogP contribution in [0.5, 0.6) is 0 Å². The van der Waals surface area contributed by atoms with Gasteiger partial charge >= 0.3 is 0 Å². The predicted molar refractivity (Wildman–Crippen MR) is 182 cm³/mol. The van der Waals surface area contributed by atoms with Crippen molar-refractivity contribution in [1.29, 1.82) is 0 Å². The molecule has 10 heteroatoms. The molecule has 47 heavy (non-hydrogen) atoms. The first-order valence-corrected chi connectivity index (χ1v) is 16.3. The van der Waals surface area contributed by atoms with E-state index in [9.17, 15) is 18.5 Å². The molecule has 5 aromatic carbocycles. The summed E-state index contributed by atoms with van der Waals surface area (Å²) < 4.78 is 38.9. The van der Waals surface area contributed by atoms with Crippen molar-refractivity contribution in [3.63, 3.8) is 0 Å². The molecule has 0 saturated heterocycles. The summed E-state index contributed by atoms with van der Waals surface area (Å²) in [6, 6.07) is 41.1. The van der Waals surface area contributed by atoms with E-state index >= 15 is 0 Å². The Morgan fingerprint density at radius 2 is 1.40 bits per heavy atom. The molecule has 0 N–H and O–H groups in total. The lowest BCUT2D eigenvalue weighted by Gasteiger charge is -2.36. The zero-order chi connectivity index (χ0) is 32.6. The molecule has 1 spiro atoms. The molecule has 2 heterocycles. The number of hydrazone groups is 1. The smallest absolute Gasteiger partial charge is 0.285 e. The van der Waals surface area contributed by atoms with E-state index in [-0.39, 0.29) is 27.8 Å². The number of sulfonamides is 1. The van der Waals surface area contributed by atoms with E-state index in [2.05, 4.69) is 4.40 Å². The number of rotatable bonds is 7. The molecule has 0 radical (unpaired) electrons. The van der Waals surface area contributed by atoms with Gasteiger partial charge in [0.2, 0.25) is 5.90 Å². The number of para-hydroxylation sites is 2. The second-order valence-electron chi connectivity index (χ2n) is 11.2. The minimum atomic E-state index is -4.33. The number of nitro benzene ring substituents is 1. The Morgan fingerprint density at radius 1 is 0.809 bits per heavy atom. The Morgan fingerprint density at radius 3 is 2.06 bits per heavy atom. The van der Waals surface area contributed by atoms with Gasteiger partial charge in [0, 0.05) is 6.07 Å². The second-order valence-corrected chi connectivity index (χ2v) is 12.8. The third-order valence-corrected chi connectivity index (χ3v) is 9.54. The fraction of sp³-hybridized carbons (Fsp3) is 0.0811. The van der Waals surface area contributed by atoms with Gasteiger partial charge in [0.15, 0.2) is 5.54 Å². The molecule has 2 aliphatic rings. The SMILES string of the molecule is Cc1ccc(S(=O)(=O)/N=C2\OC(c3ccccc3[N+](=O)[O-])=CC23C(c2ccccc2)C(c2ccccc2)=NN3c2ccccc2)cc1. The molecule has 0 aromatic heterocycles. The highest BCUT2D eigenvalue weighted by molar-refractivity contribution is 7.90. The topological polar surface area (TPSA) is 114 Å². The van der Waals surface area contributed by atoms with Gasteiger partial charge in [-0.3, -0.25) is 10.1 Å². The van der Waals surface area contributed by atoms with E-state index in [1.54, 1.807) is 41.4 Å². The summed E-state index contributed by atoms with van der Waals surface area (Å²) >= 11 is 0. The molecule has 0 amide bonds. The quantitative estimate of drug-likeness (QED) is 0.134. The average molecular weight is 641 g/mol.